The highest BCUT2D eigenvalue weighted by Crippen LogP contribution is 2.45. The molecule has 1 unspecified atom stereocenters. The van der Waals surface area contributed by atoms with Crippen LogP contribution in [0.3, 0.4) is 0 Å². The van der Waals surface area contributed by atoms with Gasteiger partial charge in [0.2, 0.25) is 0 Å². The van der Waals surface area contributed by atoms with E-state index in [1.54, 1.807) is 4.67 Å². The van der Waals surface area contributed by atoms with Gasteiger partial charge in [0.25, 0.3) is 0 Å². The summed E-state index contributed by atoms with van der Waals surface area (Å²) in [6.45, 7) is 0.934. The number of carbonyl (C=O) groups is 1. The van der Waals surface area contributed by atoms with E-state index in [0.717, 1.165) is 0 Å². The van der Waals surface area contributed by atoms with Crippen molar-refractivity contribution in [3.63, 3.8) is 0 Å². The first-order valence-electron chi connectivity index (χ1n) is 4.89. The first-order valence-corrected chi connectivity index (χ1v) is 7.53. The third-order valence-electron chi connectivity index (χ3n) is 1.84. The highest BCUT2D eigenvalue weighted by Gasteiger charge is 2.29. The average Bonchev–Trinajstić information content (AvgIpc) is 2.29. The van der Waals surface area contributed by atoms with Gasteiger partial charge in [0.1, 0.15) is 6.29 Å². The summed E-state index contributed by atoms with van der Waals surface area (Å²) in [7, 11) is -1.58. The second-order valence-electron chi connectivity index (χ2n) is 2.86. The van der Waals surface area contributed by atoms with Gasteiger partial charge in [-0.15, -0.1) is 23.2 Å². The average molecular weight is 291 g/mol. The van der Waals surface area contributed by atoms with Crippen molar-refractivity contribution in [2.45, 2.75) is 6.42 Å². The Kier molecular flexibility index (Phi) is 9.61. The molecule has 0 bridgehead atoms. The van der Waals surface area contributed by atoms with Gasteiger partial charge < -0.3 is 9.32 Å². The number of hydrogen-bond acceptors (Lipinski definition) is 3. The van der Waals surface area contributed by atoms with Gasteiger partial charge in [0.15, 0.2) is 0 Å². The van der Waals surface area contributed by atoms with Gasteiger partial charge in [0.05, 0.1) is 6.61 Å². The molecule has 0 fully saturated rings. The SMILES string of the molecule is CNP(=O)(OCCC=O)N(CCCl)CCCl. The van der Waals surface area contributed by atoms with Crippen molar-refractivity contribution in [1.29, 1.82) is 0 Å². The number of halogens is 2. The second kappa shape index (κ2) is 9.40. The zero-order valence-electron chi connectivity index (χ0n) is 9.20. The minimum absolute atomic E-state index is 0.114. The first kappa shape index (κ1) is 16.4. The molecule has 0 aliphatic heterocycles. The third-order valence-corrected chi connectivity index (χ3v) is 4.42. The van der Waals surface area contributed by atoms with Crippen LogP contribution in [0.1, 0.15) is 6.42 Å². The highest BCUT2D eigenvalue weighted by atomic mass is 35.5. The Balaban J connectivity index is 4.45. The first-order chi connectivity index (χ1) is 7.64. The smallest absolute Gasteiger partial charge is 0.306 e. The van der Waals surface area contributed by atoms with Crippen LogP contribution in [0.2, 0.25) is 0 Å². The predicted octanol–water partition coefficient (Wildman–Crippen LogP) is 1.70. The summed E-state index contributed by atoms with van der Waals surface area (Å²) < 4.78 is 19.1. The lowest BCUT2D eigenvalue weighted by atomic mass is 10.5. The maximum absolute atomic E-state index is 12.3. The van der Waals surface area contributed by atoms with Crippen LogP contribution in [-0.4, -0.2) is 49.5 Å². The molecule has 8 heteroatoms. The van der Waals surface area contributed by atoms with E-state index < -0.39 is 7.67 Å². The van der Waals surface area contributed by atoms with Gasteiger partial charge in [-0.05, 0) is 7.05 Å². The van der Waals surface area contributed by atoms with Gasteiger partial charge in [-0.2, -0.15) is 0 Å². The normalized spacial score (nSPS) is 15.0. The minimum atomic E-state index is -3.12. The zero-order chi connectivity index (χ0) is 12.4. The summed E-state index contributed by atoms with van der Waals surface area (Å²) in [5.41, 5.74) is 0. The molecule has 0 saturated heterocycles. The van der Waals surface area contributed by atoms with Gasteiger partial charge in [0, 0.05) is 31.3 Å². The Labute approximate surface area is 106 Å². The number of carbonyl (C=O) groups excluding carboxylic acids is 1. The summed E-state index contributed by atoms with van der Waals surface area (Å²) in [5.74, 6) is 0.666. The summed E-state index contributed by atoms with van der Waals surface area (Å²) in [6, 6.07) is 0. The quantitative estimate of drug-likeness (QED) is 0.287. The third kappa shape index (κ3) is 5.62. The Bertz CT molecular complexity index is 237. The fourth-order valence-corrected chi connectivity index (χ4v) is 3.38. The molecule has 0 rings (SSSR count). The van der Waals surface area contributed by atoms with Crippen molar-refractivity contribution in [3.8, 4) is 0 Å². The Morgan fingerprint density at radius 1 is 1.38 bits per heavy atom. The molecular weight excluding hydrogens is 274 g/mol. The Morgan fingerprint density at radius 3 is 2.31 bits per heavy atom. The molecule has 0 radical (unpaired) electrons. The molecule has 0 aliphatic carbocycles. The zero-order valence-corrected chi connectivity index (χ0v) is 11.6. The molecule has 0 spiro atoms. The Morgan fingerprint density at radius 2 is 1.94 bits per heavy atom. The van der Waals surface area contributed by atoms with Crippen LogP contribution in [0.25, 0.3) is 0 Å². The lowest BCUT2D eigenvalue weighted by Gasteiger charge is -2.29. The van der Waals surface area contributed by atoms with Crippen molar-refractivity contribution in [2.24, 2.45) is 0 Å². The molecule has 0 aromatic heterocycles. The fraction of sp³-hybridized carbons (Fsp3) is 0.875. The summed E-state index contributed by atoms with van der Waals surface area (Å²) >= 11 is 11.2. The van der Waals surface area contributed by atoms with E-state index in [1.165, 1.54) is 7.05 Å². The lowest BCUT2D eigenvalue weighted by molar-refractivity contribution is -0.108. The van der Waals surface area contributed by atoms with Crippen molar-refractivity contribution < 1.29 is 13.9 Å². The van der Waals surface area contributed by atoms with E-state index in [0.29, 0.717) is 31.1 Å². The van der Waals surface area contributed by atoms with E-state index >= 15 is 0 Å². The summed E-state index contributed by atoms with van der Waals surface area (Å²) in [5, 5.41) is 2.63. The van der Waals surface area contributed by atoms with Gasteiger partial charge in [-0.3, -0.25) is 4.57 Å². The van der Waals surface area contributed by atoms with E-state index in [2.05, 4.69) is 5.09 Å². The van der Waals surface area contributed by atoms with Crippen molar-refractivity contribution in [2.75, 3.05) is 38.5 Å². The number of aldehydes is 1. The molecular formula is C8H17Cl2N2O3P. The number of hydrogen-bond donors (Lipinski definition) is 1. The van der Waals surface area contributed by atoms with Crippen molar-refractivity contribution >= 4 is 37.2 Å². The molecule has 0 aromatic carbocycles. The monoisotopic (exact) mass is 290 g/mol. The second-order valence-corrected chi connectivity index (χ2v) is 5.93. The number of nitrogens with one attached hydrogen (secondary N) is 1. The van der Waals surface area contributed by atoms with Crippen molar-refractivity contribution in [3.05, 3.63) is 0 Å². The molecule has 5 nitrogen and oxygen atoms in total. The molecule has 1 N–H and O–H groups in total. The van der Waals surface area contributed by atoms with E-state index in [4.69, 9.17) is 27.7 Å². The van der Waals surface area contributed by atoms with Gasteiger partial charge in [-0.25, -0.2) is 9.76 Å². The summed E-state index contributed by atoms with van der Waals surface area (Å²) in [6.07, 6.45) is 0.925. The predicted molar refractivity (Wildman–Crippen MR) is 66.3 cm³/mol. The van der Waals surface area contributed by atoms with Gasteiger partial charge in [-0.1, -0.05) is 0 Å². The van der Waals surface area contributed by atoms with E-state index in [9.17, 15) is 9.36 Å². The molecule has 0 amide bonds. The minimum Gasteiger partial charge on any atom is -0.306 e. The standard InChI is InChI=1S/C8H17Cl2N2O3P/c1-11-16(14,15-8-2-7-13)12(5-3-9)6-4-10/h7H,2-6,8H2,1H3,(H,11,14). The van der Waals surface area contributed by atoms with Crippen LogP contribution >= 0.6 is 30.9 Å². The largest absolute Gasteiger partial charge is 0.343 e. The molecule has 0 heterocycles. The lowest BCUT2D eigenvalue weighted by Crippen LogP contribution is -2.31. The maximum Gasteiger partial charge on any atom is 0.343 e. The molecule has 0 saturated carbocycles. The van der Waals surface area contributed by atoms with Crippen LogP contribution in [0.15, 0.2) is 0 Å². The molecule has 1 atom stereocenters. The summed E-state index contributed by atoms with van der Waals surface area (Å²) in [4.78, 5) is 10.2. The molecule has 16 heavy (non-hydrogen) atoms. The van der Waals surface area contributed by atoms with Crippen LogP contribution in [-0.2, 0) is 13.9 Å². The van der Waals surface area contributed by atoms with Gasteiger partial charge >= 0.3 is 7.67 Å². The van der Waals surface area contributed by atoms with Crippen LogP contribution in [0.4, 0.5) is 0 Å². The maximum atomic E-state index is 12.3. The molecule has 0 aromatic rings. The van der Waals surface area contributed by atoms with Crippen molar-refractivity contribution in [1.82, 2.24) is 9.76 Å². The van der Waals surface area contributed by atoms with E-state index in [-0.39, 0.29) is 13.0 Å². The van der Waals surface area contributed by atoms with E-state index in [1.807, 2.05) is 0 Å². The Hall–Kier alpha value is 0.360. The number of alkyl halides is 2. The number of nitrogens with zero attached hydrogens (tertiary/aromatic N) is 1. The van der Waals surface area contributed by atoms with Crippen LogP contribution in [0.5, 0.6) is 0 Å². The number of rotatable bonds is 10. The molecule has 96 valence electrons. The fourth-order valence-electron chi connectivity index (χ4n) is 1.08. The topological polar surface area (TPSA) is 58.6 Å². The molecule has 0 aliphatic rings. The van der Waals surface area contributed by atoms with Crippen LogP contribution < -0.4 is 5.09 Å². The highest BCUT2D eigenvalue weighted by molar-refractivity contribution is 7.54. The van der Waals surface area contributed by atoms with Crippen LogP contribution in [0, 0.1) is 0 Å².